The summed E-state index contributed by atoms with van der Waals surface area (Å²) < 4.78 is 35.0. The first-order chi connectivity index (χ1) is 20.3. The van der Waals surface area contributed by atoms with E-state index >= 15 is 0 Å². The number of amides is 1. The molecule has 1 amide bonds. The normalized spacial score (nSPS) is 13.6. The molecule has 1 N–H and O–H groups in total. The predicted molar refractivity (Wildman–Crippen MR) is 158 cm³/mol. The predicted octanol–water partition coefficient (Wildman–Crippen LogP) is 4.76. The molecule has 1 aliphatic rings. The minimum atomic E-state index is -3.64. The number of sulfonamides is 1. The third-order valence-corrected chi connectivity index (χ3v) is 9.35. The lowest BCUT2D eigenvalue weighted by Gasteiger charge is -2.16. The zero-order chi connectivity index (χ0) is 29.7. The van der Waals surface area contributed by atoms with Gasteiger partial charge in [0.25, 0.3) is 5.69 Å². The standard InChI is InChI=1S/C28H28N6O6S2/c1-2-40-22-13-14-24(25(18-22)34(36)37)29-26(35)19-41-28-31-30-27(33(28)21-10-4-3-5-11-21)20-9-8-12-23(17-20)42(38,39)32-15-6-7-16-32/h3-5,8-14,17-18H,2,6-7,15-16,19H2,1H3,(H,29,35). The van der Waals surface area contributed by atoms with E-state index in [1.807, 2.05) is 30.3 Å². The Balaban J connectivity index is 1.41. The van der Waals surface area contributed by atoms with Crippen molar-refractivity contribution < 1.29 is 22.9 Å². The third kappa shape index (κ3) is 6.30. The van der Waals surface area contributed by atoms with Gasteiger partial charge >= 0.3 is 0 Å². The minimum absolute atomic E-state index is 0.0512. The Morgan fingerprint density at radius 1 is 1.05 bits per heavy atom. The van der Waals surface area contributed by atoms with Crippen molar-refractivity contribution in [3.8, 4) is 22.8 Å². The molecule has 0 atom stereocenters. The minimum Gasteiger partial charge on any atom is -0.494 e. The van der Waals surface area contributed by atoms with E-state index in [1.54, 1.807) is 41.8 Å². The number of nitro benzene ring substituents is 1. The van der Waals surface area contributed by atoms with Crippen LogP contribution in [0.5, 0.6) is 5.75 Å². The van der Waals surface area contributed by atoms with Crippen molar-refractivity contribution in [1.29, 1.82) is 0 Å². The van der Waals surface area contributed by atoms with Crippen molar-refractivity contribution in [2.24, 2.45) is 0 Å². The summed E-state index contributed by atoms with van der Waals surface area (Å²) in [4.78, 5) is 24.0. The fourth-order valence-corrected chi connectivity index (χ4v) is 6.89. The van der Waals surface area contributed by atoms with E-state index in [0.29, 0.717) is 42.0 Å². The molecule has 1 saturated heterocycles. The molecule has 1 aliphatic heterocycles. The van der Waals surface area contributed by atoms with Crippen LogP contribution in [0.4, 0.5) is 11.4 Å². The van der Waals surface area contributed by atoms with E-state index in [4.69, 9.17) is 4.74 Å². The zero-order valence-electron chi connectivity index (χ0n) is 22.7. The van der Waals surface area contributed by atoms with Gasteiger partial charge < -0.3 is 10.1 Å². The molecule has 2 heterocycles. The molecule has 218 valence electrons. The van der Waals surface area contributed by atoms with Crippen molar-refractivity contribution in [3.05, 3.63) is 82.9 Å². The molecule has 0 radical (unpaired) electrons. The van der Waals surface area contributed by atoms with Crippen LogP contribution >= 0.6 is 11.8 Å². The Morgan fingerprint density at radius 3 is 2.52 bits per heavy atom. The first-order valence-electron chi connectivity index (χ1n) is 13.2. The summed E-state index contributed by atoms with van der Waals surface area (Å²) in [5.41, 5.74) is 1.04. The summed E-state index contributed by atoms with van der Waals surface area (Å²) in [5.74, 6) is 0.149. The maximum absolute atomic E-state index is 13.2. The highest BCUT2D eigenvalue weighted by atomic mass is 32.2. The molecule has 0 spiro atoms. The number of nitrogens with one attached hydrogen (secondary N) is 1. The van der Waals surface area contributed by atoms with Crippen LogP contribution in [0.15, 0.2) is 82.8 Å². The number of carbonyl (C=O) groups excluding carboxylic acids is 1. The van der Waals surface area contributed by atoms with Crippen molar-refractivity contribution in [2.75, 3.05) is 30.8 Å². The van der Waals surface area contributed by atoms with Crippen LogP contribution in [-0.4, -0.2) is 63.8 Å². The van der Waals surface area contributed by atoms with E-state index in [-0.39, 0.29) is 22.0 Å². The van der Waals surface area contributed by atoms with E-state index in [1.165, 1.54) is 16.4 Å². The van der Waals surface area contributed by atoms with Gasteiger partial charge in [-0.15, -0.1) is 10.2 Å². The number of hydrogen-bond acceptors (Lipinski definition) is 9. The maximum Gasteiger partial charge on any atom is 0.296 e. The summed E-state index contributed by atoms with van der Waals surface area (Å²) in [6, 6.07) is 20.1. The number of aromatic nitrogens is 3. The Labute approximate surface area is 246 Å². The monoisotopic (exact) mass is 608 g/mol. The number of carbonyl (C=O) groups is 1. The molecule has 42 heavy (non-hydrogen) atoms. The lowest BCUT2D eigenvalue weighted by molar-refractivity contribution is -0.384. The molecule has 1 aromatic heterocycles. The second kappa shape index (κ2) is 12.7. The molecule has 1 fully saturated rings. The summed E-state index contributed by atoms with van der Waals surface area (Å²) in [6.45, 7) is 3.11. The highest BCUT2D eigenvalue weighted by Gasteiger charge is 2.28. The number of nitrogens with zero attached hydrogens (tertiary/aromatic N) is 5. The number of anilines is 1. The number of rotatable bonds is 11. The Kier molecular flexibility index (Phi) is 8.85. The van der Waals surface area contributed by atoms with Crippen LogP contribution in [-0.2, 0) is 14.8 Å². The Hall–Kier alpha value is -4.27. The topological polar surface area (TPSA) is 150 Å². The largest absolute Gasteiger partial charge is 0.494 e. The van der Waals surface area contributed by atoms with E-state index < -0.39 is 20.9 Å². The van der Waals surface area contributed by atoms with Crippen LogP contribution in [0.25, 0.3) is 17.1 Å². The number of thioether (sulfide) groups is 1. The van der Waals surface area contributed by atoms with Crippen LogP contribution in [0, 0.1) is 10.1 Å². The fraction of sp³-hybridized carbons (Fsp3) is 0.250. The first-order valence-corrected chi connectivity index (χ1v) is 15.7. The second-order valence-corrected chi connectivity index (χ2v) is 12.2. The molecule has 0 bridgehead atoms. The van der Waals surface area contributed by atoms with E-state index in [0.717, 1.165) is 30.3 Å². The summed E-state index contributed by atoms with van der Waals surface area (Å²) in [6.07, 6.45) is 1.67. The molecular formula is C28H28N6O6S2. The molecule has 0 aliphatic carbocycles. The molecule has 5 rings (SSSR count). The highest BCUT2D eigenvalue weighted by molar-refractivity contribution is 7.99. The lowest BCUT2D eigenvalue weighted by Crippen LogP contribution is -2.27. The van der Waals surface area contributed by atoms with Crippen molar-refractivity contribution >= 4 is 39.1 Å². The number of benzene rings is 3. The van der Waals surface area contributed by atoms with Gasteiger partial charge in [0.2, 0.25) is 15.9 Å². The third-order valence-electron chi connectivity index (χ3n) is 6.53. The molecular weight excluding hydrogens is 580 g/mol. The summed E-state index contributed by atoms with van der Waals surface area (Å²) in [7, 11) is -3.64. The number of ether oxygens (including phenoxy) is 1. The van der Waals surface area contributed by atoms with Gasteiger partial charge in [-0.2, -0.15) is 4.31 Å². The Morgan fingerprint density at radius 2 is 1.81 bits per heavy atom. The van der Waals surface area contributed by atoms with Crippen molar-refractivity contribution in [3.63, 3.8) is 0 Å². The van der Waals surface area contributed by atoms with Gasteiger partial charge in [0.1, 0.15) is 11.4 Å². The Bertz CT molecular complexity index is 1710. The van der Waals surface area contributed by atoms with Crippen LogP contribution < -0.4 is 10.1 Å². The molecule has 14 heteroatoms. The average Bonchev–Trinajstić information content (AvgIpc) is 3.69. The zero-order valence-corrected chi connectivity index (χ0v) is 24.3. The van der Waals surface area contributed by atoms with Crippen molar-refractivity contribution in [2.45, 2.75) is 29.8 Å². The highest BCUT2D eigenvalue weighted by Crippen LogP contribution is 2.32. The SMILES string of the molecule is CCOc1ccc(NC(=O)CSc2nnc(-c3cccc(S(=O)(=O)N4CCCC4)c3)n2-c2ccccc2)c([N+](=O)[O-])c1. The molecule has 3 aromatic carbocycles. The summed E-state index contributed by atoms with van der Waals surface area (Å²) in [5, 5.41) is 23.2. The van der Waals surface area contributed by atoms with Crippen LogP contribution in [0.2, 0.25) is 0 Å². The second-order valence-electron chi connectivity index (χ2n) is 9.32. The fourth-order valence-electron chi connectivity index (χ4n) is 4.57. The van der Waals surface area contributed by atoms with Gasteiger partial charge in [-0.05, 0) is 56.2 Å². The quantitative estimate of drug-likeness (QED) is 0.144. The van der Waals surface area contributed by atoms with E-state index in [9.17, 15) is 23.3 Å². The van der Waals surface area contributed by atoms with Crippen LogP contribution in [0.1, 0.15) is 19.8 Å². The van der Waals surface area contributed by atoms with Gasteiger partial charge in [-0.3, -0.25) is 19.5 Å². The molecule has 12 nitrogen and oxygen atoms in total. The van der Waals surface area contributed by atoms with E-state index in [2.05, 4.69) is 15.5 Å². The number of para-hydroxylation sites is 1. The van der Waals surface area contributed by atoms with Gasteiger partial charge in [0.05, 0.1) is 28.2 Å². The van der Waals surface area contributed by atoms with Gasteiger partial charge in [-0.25, -0.2) is 8.42 Å². The van der Waals surface area contributed by atoms with Gasteiger partial charge in [-0.1, -0.05) is 42.1 Å². The molecule has 0 unspecified atom stereocenters. The molecule has 4 aromatic rings. The summed E-state index contributed by atoms with van der Waals surface area (Å²) >= 11 is 1.10. The average molecular weight is 609 g/mol. The molecule has 0 saturated carbocycles. The smallest absolute Gasteiger partial charge is 0.296 e. The van der Waals surface area contributed by atoms with Gasteiger partial charge in [0, 0.05) is 24.3 Å². The lowest BCUT2D eigenvalue weighted by atomic mass is 10.2. The first kappa shape index (κ1) is 29.2. The van der Waals surface area contributed by atoms with Crippen LogP contribution in [0.3, 0.4) is 0 Å². The number of hydrogen-bond donors (Lipinski definition) is 1. The van der Waals surface area contributed by atoms with Gasteiger partial charge in [0.15, 0.2) is 11.0 Å². The van der Waals surface area contributed by atoms with Crippen molar-refractivity contribution in [1.82, 2.24) is 19.1 Å². The maximum atomic E-state index is 13.2. The number of nitro groups is 1.